The van der Waals surface area contributed by atoms with Gasteiger partial charge in [-0.3, -0.25) is 0 Å². The van der Waals surface area contributed by atoms with Crippen molar-refractivity contribution in [1.82, 2.24) is 0 Å². The lowest BCUT2D eigenvalue weighted by Gasteiger charge is -2.30. The summed E-state index contributed by atoms with van der Waals surface area (Å²) < 4.78 is 50.1. The smallest absolute Gasteiger partial charge is 0.379 e. The molecule has 0 bridgehead atoms. The molecule has 0 N–H and O–H groups in total. The van der Waals surface area contributed by atoms with Crippen molar-refractivity contribution in [1.29, 1.82) is 0 Å². The zero-order valence-corrected chi connectivity index (χ0v) is 25.1. The topological polar surface area (TPSA) is 89.7 Å². The standard InChI is InChI=1S/C18H38O5Si.C6H14O4Si/c1-4-7-12-21-24(22-13-8-5-2,23-14-9-6-3)15-10-11-19-16-18-17-20-18;1-7-11(8-2,9-3)5-6-4-10-6/h18H,4-17H2,1-3H3;6H,4-5H2,1-3H3. The van der Waals surface area contributed by atoms with Crippen LogP contribution in [0.3, 0.4) is 0 Å². The molecule has 210 valence electrons. The number of rotatable bonds is 23. The average molecular weight is 541 g/mol. The molecule has 0 aromatic carbocycles. The van der Waals surface area contributed by atoms with Crippen molar-refractivity contribution in [3.8, 4) is 0 Å². The molecule has 0 aromatic rings. The third-order valence-corrected chi connectivity index (χ3v) is 11.5. The second kappa shape index (κ2) is 20.1. The van der Waals surface area contributed by atoms with Gasteiger partial charge >= 0.3 is 17.6 Å². The summed E-state index contributed by atoms with van der Waals surface area (Å²) in [6, 6.07) is 1.60. The summed E-state index contributed by atoms with van der Waals surface area (Å²) in [4.78, 5) is 0. The van der Waals surface area contributed by atoms with Crippen LogP contribution in [0.15, 0.2) is 0 Å². The molecule has 11 heteroatoms. The van der Waals surface area contributed by atoms with E-state index in [1.807, 2.05) is 0 Å². The Bertz CT molecular complexity index is 455. The molecular formula is C24H52O9Si2. The fourth-order valence-corrected chi connectivity index (χ4v) is 7.61. The summed E-state index contributed by atoms with van der Waals surface area (Å²) in [5.74, 6) is 0. The predicted octanol–water partition coefficient (Wildman–Crippen LogP) is 4.44. The molecule has 0 aromatic heterocycles. The van der Waals surface area contributed by atoms with Gasteiger partial charge in [0, 0.05) is 59.8 Å². The van der Waals surface area contributed by atoms with Gasteiger partial charge in [0.1, 0.15) is 6.10 Å². The van der Waals surface area contributed by atoms with Crippen LogP contribution < -0.4 is 0 Å². The Morgan fingerprint density at radius 1 is 0.629 bits per heavy atom. The number of hydrogen-bond donors (Lipinski definition) is 0. The first-order valence-corrected chi connectivity index (χ1v) is 17.3. The van der Waals surface area contributed by atoms with Crippen molar-refractivity contribution in [3.05, 3.63) is 0 Å². The van der Waals surface area contributed by atoms with Gasteiger partial charge in [-0.15, -0.1) is 0 Å². The van der Waals surface area contributed by atoms with Crippen molar-refractivity contribution < 1.29 is 40.8 Å². The Kier molecular flexibility index (Phi) is 19.0. The summed E-state index contributed by atoms with van der Waals surface area (Å²) in [6.45, 7) is 11.8. The predicted molar refractivity (Wildman–Crippen MR) is 140 cm³/mol. The molecule has 0 saturated carbocycles. The summed E-state index contributed by atoms with van der Waals surface area (Å²) in [6.07, 6.45) is 8.08. The maximum Gasteiger partial charge on any atom is 0.502 e. The Hall–Kier alpha value is 0.0738. The minimum atomic E-state index is -2.58. The van der Waals surface area contributed by atoms with Crippen LogP contribution in [-0.4, -0.2) is 97.4 Å². The Labute approximate surface area is 216 Å². The van der Waals surface area contributed by atoms with Crippen LogP contribution in [0.5, 0.6) is 0 Å². The molecule has 2 unspecified atom stereocenters. The van der Waals surface area contributed by atoms with Crippen LogP contribution in [-0.2, 0) is 40.8 Å². The van der Waals surface area contributed by atoms with Gasteiger partial charge in [-0.2, -0.15) is 0 Å². The monoisotopic (exact) mass is 540 g/mol. The lowest BCUT2D eigenvalue weighted by Crippen LogP contribution is -2.46. The average Bonchev–Trinajstić information content (AvgIpc) is 3.80. The van der Waals surface area contributed by atoms with Gasteiger partial charge in [-0.25, -0.2) is 0 Å². The SMILES string of the molecule is CCCCO[Si](CCCOCC1CO1)(OCCCC)OCCCC.CO[Si](CC1CO1)(OC)OC. The minimum Gasteiger partial charge on any atom is -0.379 e. The van der Waals surface area contributed by atoms with Crippen molar-refractivity contribution >= 4 is 17.6 Å². The highest BCUT2D eigenvalue weighted by Gasteiger charge is 2.44. The molecule has 2 rings (SSSR count). The maximum absolute atomic E-state index is 6.22. The summed E-state index contributed by atoms with van der Waals surface area (Å²) in [5, 5.41) is 0. The Balaban J connectivity index is 0.000000462. The zero-order chi connectivity index (χ0) is 25.8. The van der Waals surface area contributed by atoms with Crippen LogP contribution in [0.4, 0.5) is 0 Å². The van der Waals surface area contributed by atoms with Crippen LogP contribution in [0.2, 0.25) is 12.1 Å². The first kappa shape index (κ1) is 33.1. The van der Waals surface area contributed by atoms with E-state index in [2.05, 4.69) is 20.8 Å². The second-order valence-electron chi connectivity index (χ2n) is 8.88. The first-order valence-electron chi connectivity index (χ1n) is 13.4. The second-order valence-corrected chi connectivity index (χ2v) is 14.6. The van der Waals surface area contributed by atoms with Crippen LogP contribution >= 0.6 is 0 Å². The molecule has 0 radical (unpaired) electrons. The van der Waals surface area contributed by atoms with Gasteiger partial charge in [0.25, 0.3) is 0 Å². The maximum atomic E-state index is 6.22. The van der Waals surface area contributed by atoms with E-state index < -0.39 is 17.6 Å². The van der Waals surface area contributed by atoms with Crippen molar-refractivity contribution in [2.75, 3.05) is 67.6 Å². The molecule has 2 heterocycles. The van der Waals surface area contributed by atoms with E-state index in [9.17, 15) is 0 Å². The van der Waals surface area contributed by atoms with Gasteiger partial charge in [0.15, 0.2) is 0 Å². The molecule has 35 heavy (non-hydrogen) atoms. The molecule has 2 aliphatic rings. The van der Waals surface area contributed by atoms with Crippen LogP contribution in [0, 0.1) is 0 Å². The van der Waals surface area contributed by atoms with E-state index >= 15 is 0 Å². The molecule has 0 amide bonds. The third kappa shape index (κ3) is 15.8. The van der Waals surface area contributed by atoms with Crippen molar-refractivity contribution in [3.63, 3.8) is 0 Å². The zero-order valence-electron chi connectivity index (χ0n) is 23.1. The molecule has 0 aliphatic carbocycles. The lowest BCUT2D eigenvalue weighted by molar-refractivity contribution is 0.0515. The van der Waals surface area contributed by atoms with E-state index in [1.54, 1.807) is 21.3 Å². The van der Waals surface area contributed by atoms with Gasteiger partial charge in [-0.1, -0.05) is 40.0 Å². The van der Waals surface area contributed by atoms with Gasteiger partial charge < -0.3 is 40.8 Å². The summed E-state index contributed by atoms with van der Waals surface area (Å²) in [5.41, 5.74) is 0. The molecular weight excluding hydrogens is 488 g/mol. The molecule has 2 fully saturated rings. The third-order valence-electron chi connectivity index (χ3n) is 5.75. The van der Waals surface area contributed by atoms with E-state index in [4.69, 9.17) is 40.8 Å². The minimum absolute atomic E-state index is 0.293. The molecule has 9 nitrogen and oxygen atoms in total. The Morgan fingerprint density at radius 3 is 1.46 bits per heavy atom. The highest BCUT2D eigenvalue weighted by atomic mass is 28.4. The molecule has 2 atom stereocenters. The molecule has 0 spiro atoms. The van der Waals surface area contributed by atoms with Gasteiger partial charge in [0.2, 0.25) is 0 Å². The summed E-state index contributed by atoms with van der Waals surface area (Å²) in [7, 11) is -0.0849. The van der Waals surface area contributed by atoms with E-state index in [0.717, 1.165) is 96.7 Å². The lowest BCUT2D eigenvalue weighted by atomic mass is 10.4. The van der Waals surface area contributed by atoms with E-state index in [0.29, 0.717) is 18.8 Å². The van der Waals surface area contributed by atoms with Crippen molar-refractivity contribution in [2.24, 2.45) is 0 Å². The molecule has 2 aliphatic heterocycles. The van der Waals surface area contributed by atoms with Crippen LogP contribution in [0.1, 0.15) is 65.7 Å². The highest BCUT2D eigenvalue weighted by Crippen LogP contribution is 2.24. The Morgan fingerprint density at radius 2 is 1.09 bits per heavy atom. The van der Waals surface area contributed by atoms with E-state index in [1.165, 1.54) is 0 Å². The normalized spacial score (nSPS) is 19.4. The van der Waals surface area contributed by atoms with Gasteiger partial charge in [-0.05, 0) is 25.7 Å². The quantitative estimate of drug-likeness (QED) is 0.106. The highest BCUT2D eigenvalue weighted by molar-refractivity contribution is 6.61. The fourth-order valence-electron chi connectivity index (χ4n) is 3.19. The van der Waals surface area contributed by atoms with Crippen LogP contribution in [0.25, 0.3) is 0 Å². The van der Waals surface area contributed by atoms with E-state index in [-0.39, 0.29) is 0 Å². The number of hydrogen-bond acceptors (Lipinski definition) is 9. The largest absolute Gasteiger partial charge is 0.502 e. The molecule has 2 saturated heterocycles. The van der Waals surface area contributed by atoms with Crippen molar-refractivity contribution in [2.45, 2.75) is 90.0 Å². The number of ether oxygens (including phenoxy) is 3. The van der Waals surface area contributed by atoms with Gasteiger partial charge in [0.05, 0.1) is 25.9 Å². The number of unbranched alkanes of at least 4 members (excludes halogenated alkanes) is 3. The first-order chi connectivity index (χ1) is 17.0. The summed E-state index contributed by atoms with van der Waals surface area (Å²) >= 11 is 0. The number of epoxide rings is 2. The fraction of sp³-hybridized carbons (Fsp3) is 1.00.